The van der Waals surface area contributed by atoms with E-state index < -0.39 is 11.0 Å². The second kappa shape index (κ2) is 9.32. The number of rotatable bonds is 6. The predicted molar refractivity (Wildman–Crippen MR) is 100 cm³/mol. The van der Waals surface area contributed by atoms with Gasteiger partial charge in [0.05, 0.1) is 35.5 Å². The lowest BCUT2D eigenvalue weighted by Gasteiger charge is -2.37. The molecule has 2 aliphatic rings. The maximum atomic E-state index is 12.3. The summed E-state index contributed by atoms with van der Waals surface area (Å²) in [6.45, 7) is 4.96. The summed E-state index contributed by atoms with van der Waals surface area (Å²) in [5, 5.41) is 16.4. The fourth-order valence-electron chi connectivity index (χ4n) is 3.44. The summed E-state index contributed by atoms with van der Waals surface area (Å²) in [4.78, 5) is 24.9. The quantitative estimate of drug-likeness (QED) is 0.561. The smallest absolute Gasteiger partial charge is 0.319 e. The standard InChI is InChI=1S/C17H23ClN4O5/c18-14-9-13(22(24)25)1-2-15(14)20-17(23)19-10-16(12-3-6-27-11-12)21-4-7-26-8-5-21/h1-2,9,12,16H,3-8,10-11H2,(H2,19,20,23)/t12-,16+/m1/s1. The zero-order valence-corrected chi connectivity index (χ0v) is 15.6. The van der Waals surface area contributed by atoms with Gasteiger partial charge >= 0.3 is 6.03 Å². The highest BCUT2D eigenvalue weighted by atomic mass is 35.5. The number of carbonyl (C=O) groups is 1. The van der Waals surface area contributed by atoms with E-state index in [9.17, 15) is 14.9 Å². The van der Waals surface area contributed by atoms with Crippen LogP contribution in [0.5, 0.6) is 0 Å². The van der Waals surface area contributed by atoms with Gasteiger partial charge in [-0.15, -0.1) is 0 Å². The normalized spacial score (nSPS) is 21.6. The number of nitro groups is 1. The van der Waals surface area contributed by atoms with E-state index >= 15 is 0 Å². The minimum atomic E-state index is -0.535. The van der Waals surface area contributed by atoms with Crippen LogP contribution in [0.2, 0.25) is 5.02 Å². The lowest BCUT2D eigenvalue weighted by molar-refractivity contribution is -0.384. The summed E-state index contributed by atoms with van der Waals surface area (Å²) in [5.74, 6) is 0.367. The van der Waals surface area contributed by atoms with Crippen LogP contribution in [0.4, 0.5) is 16.2 Å². The van der Waals surface area contributed by atoms with Crippen molar-refractivity contribution in [2.24, 2.45) is 5.92 Å². The van der Waals surface area contributed by atoms with Gasteiger partial charge in [-0.1, -0.05) is 11.6 Å². The van der Waals surface area contributed by atoms with Crippen LogP contribution in [0.15, 0.2) is 18.2 Å². The number of nitro benzene ring substituents is 1. The number of hydrogen-bond acceptors (Lipinski definition) is 6. The molecule has 2 aliphatic heterocycles. The molecular formula is C17H23ClN4O5. The maximum Gasteiger partial charge on any atom is 0.319 e. The number of benzene rings is 1. The topological polar surface area (TPSA) is 106 Å². The zero-order valence-electron chi connectivity index (χ0n) is 14.9. The molecule has 0 unspecified atom stereocenters. The third kappa shape index (κ3) is 5.29. The number of anilines is 1. The Balaban J connectivity index is 1.57. The van der Waals surface area contributed by atoms with E-state index in [-0.39, 0.29) is 16.8 Å². The molecule has 2 N–H and O–H groups in total. The number of hydrogen-bond donors (Lipinski definition) is 2. The summed E-state index contributed by atoms with van der Waals surface area (Å²) < 4.78 is 10.9. The first-order valence-corrected chi connectivity index (χ1v) is 9.30. The van der Waals surface area contributed by atoms with E-state index in [1.54, 1.807) is 0 Å². The first-order valence-electron chi connectivity index (χ1n) is 8.93. The van der Waals surface area contributed by atoms with Crippen molar-refractivity contribution in [3.8, 4) is 0 Å². The van der Waals surface area contributed by atoms with Gasteiger partial charge in [0.1, 0.15) is 0 Å². The summed E-state index contributed by atoms with van der Waals surface area (Å²) in [6, 6.07) is 3.71. The fourth-order valence-corrected chi connectivity index (χ4v) is 3.66. The molecule has 148 valence electrons. The van der Waals surface area contributed by atoms with Gasteiger partial charge < -0.3 is 20.1 Å². The van der Waals surface area contributed by atoms with Crippen LogP contribution in [0.3, 0.4) is 0 Å². The molecule has 1 aromatic rings. The second-order valence-electron chi connectivity index (χ2n) is 6.60. The van der Waals surface area contributed by atoms with Crippen LogP contribution in [-0.2, 0) is 9.47 Å². The van der Waals surface area contributed by atoms with Crippen molar-refractivity contribution in [3.63, 3.8) is 0 Å². The SMILES string of the molecule is O=C(NC[C@@H]([C@@H]1CCOC1)N1CCOCC1)Nc1ccc([N+](=O)[O-])cc1Cl. The van der Waals surface area contributed by atoms with Crippen LogP contribution in [0.25, 0.3) is 0 Å². The molecule has 2 saturated heterocycles. The number of nitrogens with zero attached hydrogens (tertiary/aromatic N) is 2. The van der Waals surface area contributed by atoms with Gasteiger partial charge in [-0.2, -0.15) is 0 Å². The van der Waals surface area contributed by atoms with E-state index in [4.69, 9.17) is 21.1 Å². The third-order valence-corrected chi connectivity index (χ3v) is 5.22. The van der Waals surface area contributed by atoms with Crippen molar-refractivity contribution in [1.82, 2.24) is 10.2 Å². The summed E-state index contributed by atoms with van der Waals surface area (Å²) in [7, 11) is 0. The van der Waals surface area contributed by atoms with Gasteiger partial charge in [0.25, 0.3) is 5.69 Å². The average Bonchev–Trinajstić information content (AvgIpc) is 3.19. The van der Waals surface area contributed by atoms with E-state index in [2.05, 4.69) is 15.5 Å². The molecule has 0 radical (unpaired) electrons. The molecule has 10 heteroatoms. The Hall–Kier alpha value is -1.94. The first-order chi connectivity index (χ1) is 13.0. The molecule has 1 aromatic carbocycles. The van der Waals surface area contributed by atoms with Crippen LogP contribution in [0, 0.1) is 16.0 Å². The van der Waals surface area contributed by atoms with E-state index in [0.717, 1.165) is 26.1 Å². The van der Waals surface area contributed by atoms with Crippen molar-refractivity contribution < 1.29 is 19.2 Å². The van der Waals surface area contributed by atoms with Crippen molar-refractivity contribution in [2.45, 2.75) is 12.5 Å². The van der Waals surface area contributed by atoms with Gasteiger partial charge in [-0.25, -0.2) is 4.79 Å². The molecule has 9 nitrogen and oxygen atoms in total. The summed E-state index contributed by atoms with van der Waals surface area (Å²) in [5.41, 5.74) is 0.200. The molecule has 3 rings (SSSR count). The Morgan fingerprint density at radius 2 is 2.11 bits per heavy atom. The van der Waals surface area contributed by atoms with Gasteiger partial charge in [0, 0.05) is 50.3 Å². The number of urea groups is 1. The molecule has 0 aliphatic carbocycles. The highest BCUT2D eigenvalue weighted by molar-refractivity contribution is 6.33. The van der Waals surface area contributed by atoms with Crippen molar-refractivity contribution >= 4 is 29.0 Å². The van der Waals surface area contributed by atoms with Crippen LogP contribution in [-0.4, -0.2) is 68.0 Å². The first kappa shape index (κ1) is 19.8. The molecule has 0 aromatic heterocycles. The molecule has 0 bridgehead atoms. The van der Waals surface area contributed by atoms with Crippen LogP contribution in [0.1, 0.15) is 6.42 Å². The van der Waals surface area contributed by atoms with Crippen molar-refractivity contribution in [1.29, 1.82) is 0 Å². The van der Waals surface area contributed by atoms with E-state index in [1.165, 1.54) is 18.2 Å². The summed E-state index contributed by atoms with van der Waals surface area (Å²) >= 11 is 6.02. The lowest BCUT2D eigenvalue weighted by atomic mass is 9.97. The number of morpholine rings is 1. The minimum Gasteiger partial charge on any atom is -0.381 e. The third-order valence-electron chi connectivity index (χ3n) is 4.91. The largest absolute Gasteiger partial charge is 0.381 e. The summed E-state index contributed by atoms with van der Waals surface area (Å²) in [6.07, 6.45) is 0.972. The number of ether oxygens (including phenoxy) is 2. The Labute approximate surface area is 162 Å². The molecule has 2 heterocycles. The fraction of sp³-hybridized carbons (Fsp3) is 0.588. The van der Waals surface area contributed by atoms with Gasteiger partial charge in [0.2, 0.25) is 0 Å². The van der Waals surface area contributed by atoms with E-state index in [1.807, 2.05) is 0 Å². The lowest BCUT2D eigenvalue weighted by Crippen LogP contribution is -2.52. The number of non-ortho nitro benzene ring substituents is 1. The van der Waals surface area contributed by atoms with Gasteiger partial charge in [0.15, 0.2) is 0 Å². The Kier molecular flexibility index (Phi) is 6.84. The molecule has 27 heavy (non-hydrogen) atoms. The zero-order chi connectivity index (χ0) is 19.2. The molecule has 0 saturated carbocycles. The number of halogens is 1. The Bertz CT molecular complexity index is 677. The monoisotopic (exact) mass is 398 g/mol. The van der Waals surface area contributed by atoms with Crippen LogP contribution < -0.4 is 10.6 Å². The number of nitrogens with one attached hydrogen (secondary N) is 2. The predicted octanol–water partition coefficient (Wildman–Crippen LogP) is 2.11. The van der Waals surface area contributed by atoms with Gasteiger partial charge in [-0.05, 0) is 12.5 Å². The Morgan fingerprint density at radius 1 is 1.33 bits per heavy atom. The average molecular weight is 399 g/mol. The Morgan fingerprint density at radius 3 is 2.74 bits per heavy atom. The van der Waals surface area contributed by atoms with Crippen LogP contribution >= 0.6 is 11.6 Å². The molecule has 2 atom stereocenters. The van der Waals surface area contributed by atoms with Crippen molar-refractivity contribution in [2.75, 3.05) is 51.4 Å². The number of amides is 2. The number of carbonyl (C=O) groups excluding carboxylic acids is 1. The maximum absolute atomic E-state index is 12.3. The highest BCUT2D eigenvalue weighted by Crippen LogP contribution is 2.26. The molecule has 0 spiro atoms. The van der Waals surface area contributed by atoms with E-state index in [0.29, 0.717) is 38.0 Å². The van der Waals surface area contributed by atoms with Crippen molar-refractivity contribution in [3.05, 3.63) is 33.3 Å². The minimum absolute atomic E-state index is 0.119. The molecule has 2 amide bonds. The second-order valence-corrected chi connectivity index (χ2v) is 7.00. The molecular weight excluding hydrogens is 376 g/mol. The highest BCUT2D eigenvalue weighted by Gasteiger charge is 2.31. The molecule has 2 fully saturated rings. The van der Waals surface area contributed by atoms with Gasteiger partial charge in [-0.3, -0.25) is 15.0 Å².